The van der Waals surface area contributed by atoms with Gasteiger partial charge in [-0.05, 0) is 18.2 Å². The third-order valence-electron chi connectivity index (χ3n) is 2.58. The fraction of sp³-hybridized carbons (Fsp3) is 0.0769. The largest absolute Gasteiger partial charge is 0.419 e. The van der Waals surface area contributed by atoms with E-state index in [1.165, 1.54) is 18.2 Å². The van der Waals surface area contributed by atoms with Crippen LogP contribution in [0.5, 0.6) is 0 Å². The van der Waals surface area contributed by atoms with Crippen molar-refractivity contribution in [2.24, 2.45) is 0 Å². The summed E-state index contributed by atoms with van der Waals surface area (Å²) in [6.07, 6.45) is -3.91. The van der Waals surface area contributed by atoms with Gasteiger partial charge in [-0.3, -0.25) is 0 Å². The Labute approximate surface area is 121 Å². The number of carbonyl (C=O) groups is 1. The Morgan fingerprint density at radius 2 is 1.90 bits per heavy atom. The van der Waals surface area contributed by atoms with Crippen LogP contribution in [0.3, 0.4) is 0 Å². The molecule has 0 saturated carbocycles. The van der Waals surface area contributed by atoms with Gasteiger partial charge in [0.05, 0.1) is 11.1 Å². The average Bonchev–Trinajstić information content (AvgIpc) is 2.40. The number of halogens is 5. The topological polar surface area (TPSA) is 43.2 Å². The van der Waals surface area contributed by atoms with Crippen LogP contribution in [0.4, 0.5) is 23.4 Å². The molecule has 0 bridgehead atoms. The zero-order valence-electron chi connectivity index (χ0n) is 10.3. The number of H-pyrrole nitrogens is 1. The van der Waals surface area contributed by atoms with E-state index in [1.54, 1.807) is 0 Å². The number of anilines is 1. The summed E-state index contributed by atoms with van der Waals surface area (Å²) < 4.78 is 50.8. The zero-order valence-corrected chi connectivity index (χ0v) is 11.0. The van der Waals surface area contributed by atoms with Crippen molar-refractivity contribution in [2.75, 3.05) is 5.32 Å². The van der Waals surface area contributed by atoms with Crippen molar-refractivity contribution >= 4 is 23.3 Å². The van der Waals surface area contributed by atoms with E-state index < -0.39 is 23.5 Å². The molecule has 1 aromatic carbocycles. The molecule has 0 aliphatic heterocycles. The van der Waals surface area contributed by atoms with E-state index in [2.05, 4.69) is 10.3 Å². The van der Waals surface area contributed by atoms with Crippen molar-refractivity contribution in [1.82, 2.24) is 0 Å². The van der Waals surface area contributed by atoms with Gasteiger partial charge in [0.25, 0.3) is 5.82 Å². The normalized spacial score (nSPS) is 11.3. The Bertz CT molecular complexity index is 688. The zero-order chi connectivity index (χ0) is 15.6. The molecule has 0 atom stereocenters. The van der Waals surface area contributed by atoms with Crippen molar-refractivity contribution in [3.8, 4) is 0 Å². The first-order chi connectivity index (χ1) is 9.79. The average molecular weight is 320 g/mol. The number of aromatic amines is 1. The maximum atomic E-state index is 13.4. The summed E-state index contributed by atoms with van der Waals surface area (Å²) in [6.45, 7) is 0. The summed E-state index contributed by atoms with van der Waals surface area (Å²) in [4.78, 5) is 14.0. The van der Waals surface area contributed by atoms with Crippen LogP contribution in [0.25, 0.3) is 0 Å². The Morgan fingerprint density at radius 1 is 1.24 bits per heavy atom. The maximum Gasteiger partial charge on any atom is 0.419 e. The molecule has 2 N–H and O–H groups in total. The third-order valence-corrected chi connectivity index (χ3v) is 2.88. The molecule has 2 rings (SSSR count). The molecule has 3 nitrogen and oxygen atoms in total. The minimum absolute atomic E-state index is 0.155. The molecular formula is C13H8ClF4N2O+. The van der Waals surface area contributed by atoms with Crippen LogP contribution in [-0.4, -0.2) is 5.91 Å². The minimum Gasteiger partial charge on any atom is -0.245 e. The van der Waals surface area contributed by atoms with Gasteiger partial charge >= 0.3 is 12.1 Å². The van der Waals surface area contributed by atoms with E-state index in [0.717, 1.165) is 6.07 Å². The smallest absolute Gasteiger partial charge is 0.245 e. The van der Waals surface area contributed by atoms with E-state index in [0.29, 0.717) is 12.3 Å². The van der Waals surface area contributed by atoms with Crippen LogP contribution in [0.2, 0.25) is 5.02 Å². The highest BCUT2D eigenvalue weighted by Gasteiger charge is 2.33. The molecule has 2 aromatic rings. The van der Waals surface area contributed by atoms with E-state index in [1.807, 2.05) is 0 Å². The van der Waals surface area contributed by atoms with Gasteiger partial charge in [0, 0.05) is 0 Å². The maximum absolute atomic E-state index is 13.4. The number of pyridine rings is 1. The number of nitrogens with one attached hydrogen (secondary N) is 2. The van der Waals surface area contributed by atoms with E-state index in [9.17, 15) is 22.4 Å². The Morgan fingerprint density at radius 3 is 2.48 bits per heavy atom. The number of rotatable bonds is 2. The van der Waals surface area contributed by atoms with E-state index in [-0.39, 0.29) is 16.4 Å². The van der Waals surface area contributed by atoms with Crippen molar-refractivity contribution in [3.63, 3.8) is 0 Å². The predicted molar refractivity (Wildman–Crippen MR) is 67.4 cm³/mol. The second kappa shape index (κ2) is 5.69. The molecule has 1 amide bonds. The van der Waals surface area contributed by atoms with E-state index >= 15 is 0 Å². The first-order valence-electron chi connectivity index (χ1n) is 5.63. The molecule has 0 unspecified atom stereocenters. The summed E-state index contributed by atoms with van der Waals surface area (Å²) in [5, 5.41) is 1.87. The SMILES string of the molecule is O=C(Nc1[nH+]cc(C(F)(F)F)cc1Cl)c1ccccc1F. The highest BCUT2D eigenvalue weighted by atomic mass is 35.5. The molecule has 8 heteroatoms. The summed E-state index contributed by atoms with van der Waals surface area (Å²) >= 11 is 5.67. The fourth-order valence-electron chi connectivity index (χ4n) is 1.55. The summed E-state index contributed by atoms with van der Waals surface area (Å²) in [6, 6.07) is 5.85. The van der Waals surface area contributed by atoms with Gasteiger partial charge in [-0.2, -0.15) is 13.2 Å². The number of alkyl halides is 3. The number of carbonyl (C=O) groups excluding carboxylic acids is 1. The molecule has 110 valence electrons. The quantitative estimate of drug-likeness (QED) is 0.845. The lowest BCUT2D eigenvalue weighted by Gasteiger charge is -2.06. The number of hydrogen-bond acceptors (Lipinski definition) is 1. The van der Waals surface area contributed by atoms with Crippen LogP contribution in [0.1, 0.15) is 15.9 Å². The second-order valence-electron chi connectivity index (χ2n) is 4.04. The highest BCUT2D eigenvalue weighted by Crippen LogP contribution is 2.31. The van der Waals surface area contributed by atoms with Crippen LogP contribution in [0.15, 0.2) is 36.5 Å². The van der Waals surface area contributed by atoms with Crippen LogP contribution < -0.4 is 10.3 Å². The van der Waals surface area contributed by atoms with E-state index in [4.69, 9.17) is 11.6 Å². The van der Waals surface area contributed by atoms with Gasteiger partial charge in [0.1, 0.15) is 17.0 Å². The van der Waals surface area contributed by atoms with Crippen LogP contribution >= 0.6 is 11.6 Å². The first kappa shape index (κ1) is 15.2. The molecule has 0 aliphatic rings. The highest BCUT2D eigenvalue weighted by molar-refractivity contribution is 6.33. The minimum atomic E-state index is -4.56. The lowest BCUT2D eigenvalue weighted by Crippen LogP contribution is -2.22. The lowest BCUT2D eigenvalue weighted by atomic mass is 10.2. The van der Waals surface area contributed by atoms with Gasteiger partial charge in [-0.25, -0.2) is 19.5 Å². The number of benzene rings is 1. The molecule has 0 radical (unpaired) electrons. The molecule has 0 aliphatic carbocycles. The fourth-order valence-corrected chi connectivity index (χ4v) is 1.77. The van der Waals surface area contributed by atoms with Gasteiger partial charge in [0.15, 0.2) is 0 Å². The molecule has 0 spiro atoms. The van der Waals surface area contributed by atoms with Crippen molar-refractivity contribution in [3.05, 3.63) is 58.5 Å². The van der Waals surface area contributed by atoms with Crippen LogP contribution in [0, 0.1) is 5.82 Å². The monoisotopic (exact) mass is 319 g/mol. The van der Waals surface area contributed by atoms with Crippen molar-refractivity contribution < 1.29 is 27.3 Å². The van der Waals surface area contributed by atoms with Gasteiger partial charge < -0.3 is 0 Å². The molecule has 1 aromatic heterocycles. The standard InChI is InChI=1S/C13H7ClF4N2O/c14-9-5-7(13(16,17)18)6-19-11(9)20-12(21)8-3-1-2-4-10(8)15/h1-6H,(H,19,20,21)/p+1. The molecule has 0 fully saturated rings. The van der Waals surface area contributed by atoms with Gasteiger partial charge in [0.2, 0.25) is 0 Å². The predicted octanol–water partition coefficient (Wildman–Crippen LogP) is 3.56. The van der Waals surface area contributed by atoms with Crippen molar-refractivity contribution in [2.45, 2.75) is 6.18 Å². The Hall–Kier alpha value is -2.15. The second-order valence-corrected chi connectivity index (χ2v) is 4.45. The number of amides is 1. The molecular weight excluding hydrogens is 312 g/mol. The summed E-state index contributed by atoms with van der Waals surface area (Å²) in [5.41, 5.74) is -1.24. The summed E-state index contributed by atoms with van der Waals surface area (Å²) in [5.74, 6) is -1.73. The third kappa shape index (κ3) is 3.49. The molecule has 1 heterocycles. The lowest BCUT2D eigenvalue weighted by molar-refractivity contribution is -0.364. The van der Waals surface area contributed by atoms with Crippen molar-refractivity contribution in [1.29, 1.82) is 0 Å². The van der Waals surface area contributed by atoms with Gasteiger partial charge in [-0.1, -0.05) is 23.7 Å². The molecule has 21 heavy (non-hydrogen) atoms. The first-order valence-corrected chi connectivity index (χ1v) is 6.01. The Kier molecular flexibility index (Phi) is 4.13. The van der Waals surface area contributed by atoms with Crippen LogP contribution in [-0.2, 0) is 6.18 Å². The molecule has 0 saturated heterocycles. The number of aromatic nitrogens is 1. The summed E-state index contributed by atoms with van der Waals surface area (Å²) in [7, 11) is 0. The number of hydrogen-bond donors (Lipinski definition) is 1. The van der Waals surface area contributed by atoms with Gasteiger partial charge in [-0.15, -0.1) is 0 Å². The Balaban J connectivity index is 2.25.